The van der Waals surface area contributed by atoms with Crippen LogP contribution in [-0.4, -0.2) is 39.1 Å². The van der Waals surface area contributed by atoms with Crippen molar-refractivity contribution in [2.75, 3.05) is 6.54 Å². The van der Waals surface area contributed by atoms with Gasteiger partial charge in [0.05, 0.1) is 6.54 Å². The monoisotopic (exact) mass is 297 g/mol. The Kier molecular flexibility index (Phi) is 4.59. The molecule has 0 bridgehead atoms. The quantitative estimate of drug-likeness (QED) is 0.871. The SMILES string of the molecule is CCCC1(C(=O)O)CCCN1C(=O)NCc1nccs1. The number of carbonyl (C=O) groups excluding carboxylic acids is 1. The van der Waals surface area contributed by atoms with Crippen LogP contribution in [0.1, 0.15) is 37.6 Å². The van der Waals surface area contributed by atoms with Crippen molar-refractivity contribution in [3.8, 4) is 0 Å². The van der Waals surface area contributed by atoms with Gasteiger partial charge in [-0.3, -0.25) is 0 Å². The number of hydrogen-bond acceptors (Lipinski definition) is 4. The molecular weight excluding hydrogens is 278 g/mol. The van der Waals surface area contributed by atoms with E-state index in [0.717, 1.165) is 17.8 Å². The second kappa shape index (κ2) is 6.21. The Balaban J connectivity index is 2.05. The predicted molar refractivity (Wildman–Crippen MR) is 75.6 cm³/mol. The molecule has 0 spiro atoms. The van der Waals surface area contributed by atoms with Crippen molar-refractivity contribution < 1.29 is 14.7 Å². The number of rotatable bonds is 5. The molecule has 2 amide bonds. The summed E-state index contributed by atoms with van der Waals surface area (Å²) in [4.78, 5) is 29.5. The van der Waals surface area contributed by atoms with E-state index in [-0.39, 0.29) is 6.03 Å². The van der Waals surface area contributed by atoms with Crippen LogP contribution in [0.3, 0.4) is 0 Å². The van der Waals surface area contributed by atoms with Gasteiger partial charge in [0.25, 0.3) is 0 Å². The van der Waals surface area contributed by atoms with Crippen molar-refractivity contribution in [2.45, 2.75) is 44.7 Å². The third kappa shape index (κ3) is 2.77. The minimum Gasteiger partial charge on any atom is -0.479 e. The van der Waals surface area contributed by atoms with Gasteiger partial charge in [-0.05, 0) is 19.3 Å². The summed E-state index contributed by atoms with van der Waals surface area (Å²) in [6, 6.07) is -0.312. The number of thiazole rings is 1. The number of nitrogens with zero attached hydrogens (tertiary/aromatic N) is 2. The summed E-state index contributed by atoms with van der Waals surface area (Å²) >= 11 is 1.46. The molecule has 1 aromatic heterocycles. The number of urea groups is 1. The molecule has 1 atom stereocenters. The van der Waals surface area contributed by atoms with Crippen LogP contribution < -0.4 is 5.32 Å². The highest BCUT2D eigenvalue weighted by atomic mass is 32.1. The molecule has 0 radical (unpaired) electrons. The number of hydrogen-bond donors (Lipinski definition) is 2. The first-order valence-corrected chi connectivity index (χ1v) is 7.65. The normalized spacial score (nSPS) is 21.9. The Morgan fingerprint density at radius 2 is 2.40 bits per heavy atom. The van der Waals surface area contributed by atoms with Crippen LogP contribution in [0.4, 0.5) is 4.79 Å². The maximum atomic E-state index is 12.3. The van der Waals surface area contributed by atoms with Crippen LogP contribution in [0, 0.1) is 0 Å². The second-order valence-corrected chi connectivity index (χ2v) is 5.91. The number of nitrogens with one attached hydrogen (secondary N) is 1. The third-order valence-electron chi connectivity index (χ3n) is 3.67. The molecule has 1 aliphatic heterocycles. The van der Waals surface area contributed by atoms with Crippen LogP contribution in [0.5, 0.6) is 0 Å². The van der Waals surface area contributed by atoms with E-state index in [1.807, 2.05) is 12.3 Å². The van der Waals surface area contributed by atoms with Crippen LogP contribution in [0.15, 0.2) is 11.6 Å². The maximum Gasteiger partial charge on any atom is 0.329 e. The van der Waals surface area contributed by atoms with E-state index in [1.54, 1.807) is 6.20 Å². The summed E-state index contributed by atoms with van der Waals surface area (Å²) in [5.74, 6) is -0.902. The van der Waals surface area contributed by atoms with E-state index in [2.05, 4.69) is 10.3 Å². The largest absolute Gasteiger partial charge is 0.479 e. The van der Waals surface area contributed by atoms with Crippen LogP contribution in [0.2, 0.25) is 0 Å². The van der Waals surface area contributed by atoms with Gasteiger partial charge < -0.3 is 15.3 Å². The zero-order valence-corrected chi connectivity index (χ0v) is 12.3. The fourth-order valence-electron chi connectivity index (χ4n) is 2.76. The summed E-state index contributed by atoms with van der Waals surface area (Å²) in [5, 5.41) is 15.0. The molecular formula is C13H19N3O3S. The van der Waals surface area contributed by atoms with E-state index in [4.69, 9.17) is 0 Å². The molecule has 1 fully saturated rings. The van der Waals surface area contributed by atoms with Crippen LogP contribution in [-0.2, 0) is 11.3 Å². The summed E-state index contributed by atoms with van der Waals surface area (Å²) in [6.45, 7) is 2.78. The number of aromatic nitrogens is 1. The van der Waals surface area contributed by atoms with Crippen molar-refractivity contribution in [3.05, 3.63) is 16.6 Å². The van der Waals surface area contributed by atoms with Crippen LogP contribution >= 0.6 is 11.3 Å². The topological polar surface area (TPSA) is 82.5 Å². The first-order valence-electron chi connectivity index (χ1n) is 6.77. The molecule has 1 unspecified atom stereocenters. The van der Waals surface area contributed by atoms with Gasteiger partial charge in [-0.2, -0.15) is 0 Å². The molecule has 2 rings (SSSR count). The molecule has 1 aliphatic rings. The first-order chi connectivity index (χ1) is 9.60. The Morgan fingerprint density at radius 3 is 3.00 bits per heavy atom. The maximum absolute atomic E-state index is 12.3. The number of likely N-dealkylation sites (tertiary alicyclic amines) is 1. The average Bonchev–Trinajstić information content (AvgIpc) is 3.06. The second-order valence-electron chi connectivity index (χ2n) is 4.93. The summed E-state index contributed by atoms with van der Waals surface area (Å²) < 4.78 is 0. The van der Waals surface area contributed by atoms with Gasteiger partial charge in [0.2, 0.25) is 0 Å². The molecule has 110 valence electrons. The lowest BCUT2D eigenvalue weighted by Crippen LogP contribution is -2.55. The van der Waals surface area contributed by atoms with Gasteiger partial charge >= 0.3 is 12.0 Å². The Morgan fingerprint density at radius 1 is 1.60 bits per heavy atom. The summed E-state index contributed by atoms with van der Waals surface area (Å²) in [7, 11) is 0. The van der Waals surface area contributed by atoms with E-state index < -0.39 is 11.5 Å². The highest BCUT2D eigenvalue weighted by Gasteiger charge is 2.49. The predicted octanol–water partition coefficient (Wildman–Crippen LogP) is 2.07. The van der Waals surface area contributed by atoms with E-state index in [9.17, 15) is 14.7 Å². The number of carboxylic acids is 1. The highest BCUT2D eigenvalue weighted by molar-refractivity contribution is 7.09. The number of carbonyl (C=O) groups is 2. The number of amides is 2. The van der Waals surface area contributed by atoms with Gasteiger partial charge in [0.15, 0.2) is 0 Å². The first kappa shape index (κ1) is 14.8. The van der Waals surface area contributed by atoms with Crippen LogP contribution in [0.25, 0.3) is 0 Å². The van der Waals surface area contributed by atoms with Gasteiger partial charge in [-0.1, -0.05) is 13.3 Å². The lowest BCUT2D eigenvalue weighted by molar-refractivity contribution is -0.148. The molecule has 0 aromatic carbocycles. The van der Waals surface area contributed by atoms with Crippen molar-refractivity contribution in [2.24, 2.45) is 0 Å². The smallest absolute Gasteiger partial charge is 0.329 e. The molecule has 6 nitrogen and oxygen atoms in total. The molecule has 7 heteroatoms. The Labute approximate surface area is 121 Å². The highest BCUT2D eigenvalue weighted by Crippen LogP contribution is 2.34. The number of aliphatic carboxylic acids is 1. The molecule has 2 heterocycles. The standard InChI is InChI=1S/C13H19N3O3S/c1-2-4-13(11(17)18)5-3-7-16(13)12(19)15-9-10-14-6-8-20-10/h6,8H,2-5,7,9H2,1H3,(H,15,19)(H,17,18). The van der Waals surface area contributed by atoms with E-state index in [0.29, 0.717) is 25.9 Å². The van der Waals surface area contributed by atoms with Gasteiger partial charge in [-0.25, -0.2) is 14.6 Å². The third-order valence-corrected chi connectivity index (χ3v) is 4.45. The van der Waals surface area contributed by atoms with Gasteiger partial charge in [-0.15, -0.1) is 11.3 Å². The zero-order chi connectivity index (χ0) is 14.6. The van der Waals surface area contributed by atoms with Crippen molar-refractivity contribution in [1.29, 1.82) is 0 Å². The van der Waals surface area contributed by atoms with E-state index >= 15 is 0 Å². The van der Waals surface area contributed by atoms with Crippen molar-refractivity contribution >= 4 is 23.3 Å². The lowest BCUT2D eigenvalue weighted by Gasteiger charge is -2.34. The molecule has 1 saturated heterocycles. The molecule has 0 saturated carbocycles. The Hall–Kier alpha value is -1.63. The van der Waals surface area contributed by atoms with Crippen molar-refractivity contribution in [3.63, 3.8) is 0 Å². The fraction of sp³-hybridized carbons (Fsp3) is 0.615. The van der Waals surface area contributed by atoms with Gasteiger partial charge in [0, 0.05) is 18.1 Å². The molecule has 2 N–H and O–H groups in total. The molecule has 20 heavy (non-hydrogen) atoms. The summed E-state index contributed by atoms with van der Waals surface area (Å²) in [5.41, 5.74) is -1.04. The number of carboxylic acid groups (broad SMARTS) is 1. The lowest BCUT2D eigenvalue weighted by atomic mass is 9.91. The van der Waals surface area contributed by atoms with E-state index in [1.165, 1.54) is 16.2 Å². The Bertz CT molecular complexity index is 477. The summed E-state index contributed by atoms with van der Waals surface area (Å²) in [6.07, 6.45) is 4.17. The molecule has 0 aliphatic carbocycles. The minimum absolute atomic E-state index is 0.312. The van der Waals surface area contributed by atoms with Gasteiger partial charge in [0.1, 0.15) is 10.5 Å². The zero-order valence-electron chi connectivity index (χ0n) is 11.5. The average molecular weight is 297 g/mol. The molecule has 1 aromatic rings. The fourth-order valence-corrected chi connectivity index (χ4v) is 3.32. The van der Waals surface area contributed by atoms with Crippen molar-refractivity contribution in [1.82, 2.24) is 15.2 Å². The minimum atomic E-state index is -1.04.